The first-order chi connectivity index (χ1) is 36.4. The number of ketones is 1. The van der Waals surface area contributed by atoms with E-state index in [2.05, 4.69) is 29.3 Å². The third-order valence-electron chi connectivity index (χ3n) is 13.0. The number of ether oxygens (including phenoxy) is 5. The highest BCUT2D eigenvalue weighted by Gasteiger charge is 2.36. The van der Waals surface area contributed by atoms with Gasteiger partial charge in [-0.2, -0.15) is 18.9 Å². The maximum atomic E-state index is 13.5. The van der Waals surface area contributed by atoms with E-state index in [1.807, 2.05) is 104 Å². The number of hydrogen-bond donors (Lipinski definition) is 2. The van der Waals surface area contributed by atoms with Crippen LogP contribution in [-0.2, 0) is 24.9 Å². The summed E-state index contributed by atoms with van der Waals surface area (Å²) in [5, 5.41) is 32.7. The van der Waals surface area contributed by atoms with Crippen LogP contribution in [0.25, 0.3) is 11.1 Å². The minimum Gasteiger partial charge on any atom is -0.495 e. The lowest BCUT2D eigenvalue weighted by molar-refractivity contribution is -0.432. The highest BCUT2D eigenvalue weighted by atomic mass is 32.2. The Hall–Kier alpha value is -8.45. The smallest absolute Gasteiger partial charge is 0.298 e. The van der Waals surface area contributed by atoms with E-state index in [1.165, 1.54) is 37.4 Å². The number of methoxy groups -OCH3 is 1. The van der Waals surface area contributed by atoms with Crippen molar-refractivity contribution in [3.05, 3.63) is 209 Å². The highest BCUT2D eigenvalue weighted by Crippen LogP contribution is 2.47. The molecule has 0 amide bonds. The fraction of sp³-hybridized carbons (Fsp3) is 0.136. The minimum atomic E-state index is -4.70. The molecule has 1 saturated carbocycles. The molecule has 9 rings (SSSR count). The Morgan fingerprint density at radius 2 is 1.03 bits per heavy atom. The van der Waals surface area contributed by atoms with Gasteiger partial charge in [-0.3, -0.25) is 9.35 Å². The summed E-state index contributed by atoms with van der Waals surface area (Å²) in [5.41, 5.74) is 5.51. The van der Waals surface area contributed by atoms with Crippen LogP contribution in [0.3, 0.4) is 0 Å². The second kappa shape index (κ2) is 22.8. The summed E-state index contributed by atoms with van der Waals surface area (Å²) < 4.78 is 68.3. The molecule has 0 spiro atoms. The molecule has 1 fully saturated rings. The van der Waals surface area contributed by atoms with E-state index in [4.69, 9.17) is 33.3 Å². The Kier molecular flexibility index (Phi) is 15.6. The normalized spacial score (nSPS) is 12.9. The van der Waals surface area contributed by atoms with E-state index in [0.717, 1.165) is 66.0 Å². The van der Waals surface area contributed by atoms with E-state index in [9.17, 15) is 28.3 Å². The maximum absolute atomic E-state index is 13.5. The van der Waals surface area contributed by atoms with Crippen molar-refractivity contribution in [3.8, 4) is 75.0 Å². The molecule has 0 aromatic heterocycles. The number of aryl methyl sites for hydroxylation is 1. The molecule has 1 aliphatic carbocycles. The molecule has 16 heteroatoms. The second-order valence-corrected chi connectivity index (χ2v) is 19.6. The van der Waals surface area contributed by atoms with Gasteiger partial charge < -0.3 is 23.7 Å². The largest absolute Gasteiger partial charge is 0.495 e. The zero-order valence-corrected chi connectivity index (χ0v) is 42.0. The molecule has 0 radical (unpaired) electrons. The Morgan fingerprint density at radius 1 is 0.573 bits per heavy atom. The first kappa shape index (κ1) is 51.5. The maximum Gasteiger partial charge on any atom is 0.298 e. The van der Waals surface area contributed by atoms with Crippen LogP contribution in [0.2, 0.25) is 0 Å². The summed E-state index contributed by atoms with van der Waals surface area (Å²) in [6, 6.07) is 54.3. The fourth-order valence-corrected chi connectivity index (χ4v) is 10.4. The molecule has 14 nitrogen and oxygen atoms in total. The van der Waals surface area contributed by atoms with E-state index in [0.29, 0.717) is 57.9 Å². The summed E-state index contributed by atoms with van der Waals surface area (Å²) in [6.45, 7) is 1.87. The van der Waals surface area contributed by atoms with Gasteiger partial charge in [-0.15, -0.1) is 4.33 Å². The van der Waals surface area contributed by atoms with Gasteiger partial charge in [-0.1, -0.05) is 91.0 Å². The van der Waals surface area contributed by atoms with Crippen molar-refractivity contribution in [2.75, 3.05) is 7.11 Å². The number of benzene rings is 8. The summed E-state index contributed by atoms with van der Waals surface area (Å²) in [4.78, 5) is 13.2. The van der Waals surface area contributed by atoms with Crippen molar-refractivity contribution in [1.82, 2.24) is 0 Å². The lowest BCUT2D eigenvalue weighted by Gasteiger charge is -2.38. The lowest BCUT2D eigenvalue weighted by atomic mass is 9.65. The lowest BCUT2D eigenvalue weighted by Crippen LogP contribution is -2.30. The summed E-state index contributed by atoms with van der Waals surface area (Å²) in [7, 11) is -3.46. The SMILES string of the molecule is COc1ccc(C(=O)c2ccc(Oc3ccc(C4(c5ccc(Oc6cccc(Oc7ccc(-c8ccc(Oc9cccc(C)c9C#N)cc8)cc7)c6C#N)cc5)CCCCC4)cc3)c(SOOO)c2)cc1S(=O)(=O)O. The molecule has 0 atom stereocenters. The van der Waals surface area contributed by atoms with Crippen LogP contribution in [0.4, 0.5) is 0 Å². The Balaban J connectivity index is 0.874. The van der Waals surface area contributed by atoms with Gasteiger partial charge in [-0.25, -0.2) is 5.26 Å². The predicted octanol–water partition coefficient (Wildman–Crippen LogP) is 14.7. The van der Waals surface area contributed by atoms with E-state index < -0.39 is 20.8 Å². The number of rotatable bonds is 18. The van der Waals surface area contributed by atoms with Crippen molar-refractivity contribution in [3.63, 3.8) is 0 Å². The minimum absolute atomic E-state index is 0.0328. The zero-order valence-electron chi connectivity index (χ0n) is 40.4. The third kappa shape index (κ3) is 11.5. The number of hydrogen-bond acceptors (Lipinski definition) is 14. The van der Waals surface area contributed by atoms with Crippen molar-refractivity contribution in [2.45, 2.75) is 54.2 Å². The molecule has 8 aromatic rings. The standard InChI is InChI=1S/C59H46N2O12S2/c1-38-8-6-9-51(49(38)36-60)68-45-22-12-39(13-23-45)40-14-24-46(25-15-40)69-52-10-7-11-53(50(52)37-61)70-47-26-18-43(19-27-47)59(32-4-3-5-33-59)44-20-28-48(29-21-44)71-54-30-16-41(34-56(54)74-73-72-63)58(62)42-17-31-55(67-2)57(35-42)75(64,65)66/h6-31,34-35,63H,3-5,32-33H2,1-2H3,(H,64,65,66). The molecular formula is C59H46N2O12S2. The predicted molar refractivity (Wildman–Crippen MR) is 279 cm³/mol. The molecule has 75 heavy (non-hydrogen) atoms. The number of carbonyl (C=O) groups is 1. The van der Waals surface area contributed by atoms with Gasteiger partial charge in [0.1, 0.15) is 74.3 Å². The van der Waals surface area contributed by atoms with Gasteiger partial charge in [-0.05, 0) is 151 Å². The molecule has 2 N–H and O–H groups in total. The first-order valence-electron chi connectivity index (χ1n) is 23.5. The van der Waals surface area contributed by atoms with Crippen LogP contribution in [0.1, 0.15) is 75.8 Å². The Labute approximate surface area is 437 Å². The van der Waals surface area contributed by atoms with Crippen LogP contribution in [-0.4, -0.2) is 31.1 Å². The quantitative estimate of drug-likeness (QED) is 0.0270. The van der Waals surface area contributed by atoms with Crippen LogP contribution in [0.15, 0.2) is 180 Å². The monoisotopic (exact) mass is 1040 g/mol. The highest BCUT2D eigenvalue weighted by molar-refractivity contribution is 7.94. The second-order valence-electron chi connectivity index (χ2n) is 17.5. The van der Waals surface area contributed by atoms with E-state index in [1.54, 1.807) is 24.3 Å². The summed E-state index contributed by atoms with van der Waals surface area (Å²) >= 11 is 0.588. The van der Waals surface area contributed by atoms with Gasteiger partial charge >= 0.3 is 0 Å². The van der Waals surface area contributed by atoms with Gasteiger partial charge in [0.15, 0.2) is 5.78 Å². The molecule has 376 valence electrons. The average molecular weight is 1040 g/mol. The molecule has 1 aliphatic rings. The molecule has 0 bridgehead atoms. The van der Waals surface area contributed by atoms with E-state index in [-0.39, 0.29) is 38.5 Å². The van der Waals surface area contributed by atoms with Gasteiger partial charge in [0.05, 0.1) is 29.6 Å². The van der Waals surface area contributed by atoms with Crippen LogP contribution >= 0.6 is 12.0 Å². The van der Waals surface area contributed by atoms with Gasteiger partial charge in [0.25, 0.3) is 10.1 Å². The van der Waals surface area contributed by atoms with Crippen molar-refractivity contribution in [2.24, 2.45) is 0 Å². The van der Waals surface area contributed by atoms with Crippen LogP contribution in [0.5, 0.6) is 51.7 Å². The summed E-state index contributed by atoms with van der Waals surface area (Å²) in [5.74, 6) is 2.96. The zero-order chi connectivity index (χ0) is 52.5. The topological polar surface area (TPSA) is 204 Å². The molecule has 0 aliphatic heterocycles. The number of carbonyl (C=O) groups excluding carboxylic acids is 1. The molecule has 0 heterocycles. The molecule has 0 saturated heterocycles. The molecular weight excluding hydrogens is 993 g/mol. The number of nitrogens with zero attached hydrogens (tertiary/aromatic N) is 2. The van der Waals surface area contributed by atoms with Gasteiger partial charge in [0.2, 0.25) is 0 Å². The third-order valence-corrected chi connectivity index (χ3v) is 14.5. The fourth-order valence-electron chi connectivity index (χ4n) is 9.22. The number of nitriles is 2. The molecule has 0 unspecified atom stereocenters. The van der Waals surface area contributed by atoms with E-state index >= 15 is 0 Å². The summed E-state index contributed by atoms with van der Waals surface area (Å²) in [6.07, 6.45) is 5.02. The first-order valence-corrected chi connectivity index (χ1v) is 25.7. The Morgan fingerprint density at radius 3 is 1.51 bits per heavy atom. The van der Waals surface area contributed by atoms with Gasteiger partial charge in [0, 0.05) is 16.5 Å². The van der Waals surface area contributed by atoms with Crippen LogP contribution < -0.4 is 23.7 Å². The van der Waals surface area contributed by atoms with Crippen LogP contribution in [0, 0.1) is 29.6 Å². The van der Waals surface area contributed by atoms with Crippen molar-refractivity contribution < 1.29 is 56.1 Å². The molecule has 8 aromatic carbocycles. The van der Waals surface area contributed by atoms with Crippen molar-refractivity contribution in [1.29, 1.82) is 10.5 Å². The van der Waals surface area contributed by atoms with Crippen molar-refractivity contribution >= 4 is 27.9 Å². The Bertz CT molecular complexity index is 3570. The average Bonchev–Trinajstić information content (AvgIpc) is 3.43.